The van der Waals surface area contributed by atoms with E-state index >= 15 is 0 Å². The molecular weight excluding hydrogens is 619 g/mol. The van der Waals surface area contributed by atoms with E-state index in [0.717, 1.165) is 19.3 Å². The molecule has 1 aliphatic rings. The summed E-state index contributed by atoms with van der Waals surface area (Å²) in [5.74, 6) is 0.685. The van der Waals surface area contributed by atoms with Crippen LogP contribution in [-0.4, -0.2) is 3.21 Å². The molecule has 210 valence electrons. The van der Waals surface area contributed by atoms with Gasteiger partial charge in [-0.05, 0) is 12.8 Å². The molecule has 0 saturated heterocycles. The summed E-state index contributed by atoms with van der Waals surface area (Å²) in [5.41, 5.74) is 6.94. The van der Waals surface area contributed by atoms with Crippen LogP contribution in [0.25, 0.3) is 21.5 Å². The van der Waals surface area contributed by atoms with Crippen LogP contribution in [0.5, 0.6) is 0 Å². The first-order chi connectivity index (χ1) is 19.0. The first kappa shape index (κ1) is 34.8. The number of fused-ring (bicyclic) bond motifs is 3. The minimum absolute atomic E-state index is 0. The van der Waals surface area contributed by atoms with Crippen molar-refractivity contribution in [2.24, 2.45) is 5.92 Å². The van der Waals surface area contributed by atoms with Crippen LogP contribution in [-0.2, 0) is 37.1 Å². The van der Waals surface area contributed by atoms with Crippen molar-refractivity contribution in [2.45, 2.75) is 47.0 Å². The third kappa shape index (κ3) is 9.54. The molecule has 0 unspecified atom stereocenters. The van der Waals surface area contributed by atoms with Crippen LogP contribution in [0.2, 0.25) is 0 Å². The predicted octanol–water partition coefficient (Wildman–Crippen LogP) is 10.8. The predicted molar refractivity (Wildman–Crippen MR) is 182 cm³/mol. The van der Waals surface area contributed by atoms with Crippen molar-refractivity contribution in [3.63, 3.8) is 0 Å². The number of rotatable bonds is 5. The monoisotopic (exact) mass is 656 g/mol. The Hall–Kier alpha value is -2.44. The summed E-state index contributed by atoms with van der Waals surface area (Å²) in [6.07, 6.45) is 10.7. The molecule has 0 spiro atoms. The molecule has 0 atom stereocenters. The van der Waals surface area contributed by atoms with E-state index in [9.17, 15) is 0 Å². The molecule has 0 aliphatic heterocycles. The SMILES string of the molecule is CC(C)C1=CC[C-]=C1.CCc1ccc2c(c1)[cH-]c1cc(CC)ccc12.Cl.Cl.[Zr+2]=[C](c1ccccc1)c1ccccc1. The second-order valence-corrected chi connectivity index (χ2v) is 11.4. The fourth-order valence-corrected chi connectivity index (χ4v) is 5.57. The maximum absolute atomic E-state index is 3.14. The summed E-state index contributed by atoms with van der Waals surface area (Å²) in [5, 5.41) is 5.54. The van der Waals surface area contributed by atoms with Crippen molar-refractivity contribution >= 4 is 49.6 Å². The molecule has 0 heterocycles. The Morgan fingerprint density at radius 3 is 1.54 bits per heavy atom. The number of hydrogen-bond acceptors (Lipinski definition) is 0. The van der Waals surface area contributed by atoms with E-state index in [4.69, 9.17) is 0 Å². The van der Waals surface area contributed by atoms with Gasteiger partial charge >= 0.3 is 99.2 Å². The van der Waals surface area contributed by atoms with E-state index in [-0.39, 0.29) is 24.8 Å². The molecule has 0 N–H and O–H groups in total. The molecule has 3 heteroatoms. The summed E-state index contributed by atoms with van der Waals surface area (Å²) >= 11 is 1.46. The number of benzene rings is 4. The molecule has 0 amide bonds. The van der Waals surface area contributed by atoms with Crippen LogP contribution in [0.1, 0.15) is 56.4 Å². The van der Waals surface area contributed by atoms with Gasteiger partial charge in [-0.1, -0.05) is 69.0 Å². The average Bonchev–Trinajstić information content (AvgIpc) is 3.66. The molecule has 5 aromatic carbocycles. The molecule has 0 bridgehead atoms. The summed E-state index contributed by atoms with van der Waals surface area (Å²) in [7, 11) is 0. The van der Waals surface area contributed by atoms with Crippen molar-refractivity contribution in [1.82, 2.24) is 0 Å². The van der Waals surface area contributed by atoms with Gasteiger partial charge in [-0.3, -0.25) is 6.08 Å². The van der Waals surface area contributed by atoms with E-state index in [1.165, 1.54) is 76.8 Å². The number of allylic oxidation sites excluding steroid dienone is 4. The Labute approximate surface area is 274 Å². The first-order valence-electron chi connectivity index (χ1n) is 14.1. The Kier molecular flexibility index (Phi) is 14.8. The number of aryl methyl sites for hydroxylation is 2. The van der Waals surface area contributed by atoms with Crippen molar-refractivity contribution in [3.05, 3.63) is 149 Å². The van der Waals surface area contributed by atoms with Gasteiger partial charge in [-0.2, -0.15) is 11.6 Å². The molecule has 0 fully saturated rings. The van der Waals surface area contributed by atoms with E-state index in [1.54, 1.807) is 0 Å². The molecule has 6 rings (SSSR count). The maximum atomic E-state index is 3.14. The fourth-order valence-electron chi connectivity index (χ4n) is 4.75. The summed E-state index contributed by atoms with van der Waals surface area (Å²) in [4.78, 5) is 0. The van der Waals surface area contributed by atoms with Gasteiger partial charge < -0.3 is 0 Å². The van der Waals surface area contributed by atoms with Crippen LogP contribution < -0.4 is 0 Å². The molecule has 0 saturated carbocycles. The van der Waals surface area contributed by atoms with Gasteiger partial charge in [0, 0.05) is 0 Å². The summed E-state index contributed by atoms with van der Waals surface area (Å²) < 4.78 is 1.42. The van der Waals surface area contributed by atoms with Crippen molar-refractivity contribution in [1.29, 1.82) is 0 Å². The fraction of sp³-hybridized carbons (Fsp3) is 0.211. The summed E-state index contributed by atoms with van der Waals surface area (Å²) in [6, 6.07) is 37.1. The Bertz CT molecular complexity index is 1480. The second kappa shape index (κ2) is 17.5. The zero-order valence-corrected chi connectivity index (χ0v) is 28.6. The van der Waals surface area contributed by atoms with Gasteiger partial charge in [0.1, 0.15) is 0 Å². The first-order valence-corrected chi connectivity index (χ1v) is 15.3. The third-order valence-electron chi connectivity index (χ3n) is 7.17. The normalized spacial score (nSPS) is 11.5. The molecule has 0 nitrogen and oxygen atoms in total. The van der Waals surface area contributed by atoms with Crippen LogP contribution in [0, 0.1) is 12.0 Å². The van der Waals surface area contributed by atoms with Gasteiger partial charge in [-0.15, -0.1) is 71.0 Å². The Morgan fingerprint density at radius 1 is 0.732 bits per heavy atom. The van der Waals surface area contributed by atoms with E-state index < -0.39 is 0 Å². The molecule has 0 radical (unpaired) electrons. The molecular formula is C38H40Cl2Zr. The van der Waals surface area contributed by atoms with E-state index in [2.05, 4.69) is 149 Å². The van der Waals surface area contributed by atoms with Crippen molar-refractivity contribution in [2.75, 3.05) is 0 Å². The molecule has 0 aromatic heterocycles. The quantitative estimate of drug-likeness (QED) is 0.165. The van der Waals surface area contributed by atoms with Gasteiger partial charge in [-0.25, -0.2) is 6.08 Å². The van der Waals surface area contributed by atoms with Crippen LogP contribution in [0.3, 0.4) is 0 Å². The van der Waals surface area contributed by atoms with Crippen molar-refractivity contribution < 1.29 is 24.2 Å². The van der Waals surface area contributed by atoms with E-state index in [0.29, 0.717) is 5.92 Å². The van der Waals surface area contributed by atoms with Gasteiger partial charge in [0.05, 0.1) is 0 Å². The van der Waals surface area contributed by atoms with Crippen LogP contribution in [0.15, 0.2) is 121 Å². The standard InChI is InChI=1S/C17H17.C13H10.C8H11.2ClH.Zr/c1-3-12-5-7-16-14(9-12)11-15-10-13(4-2)6-8-17(15)16;1-3-7-12(8-4-1)11-13-9-5-2-6-10-13;1-7(2)8-5-3-4-6-8;;;/h5-11H,3-4H2,1-2H3;1-10H;5-7H,3H2,1-2H3;2*1H;/q-1;;-1;;;+2. The number of halogens is 2. The Morgan fingerprint density at radius 2 is 1.20 bits per heavy atom. The zero-order valence-electron chi connectivity index (χ0n) is 24.5. The molecule has 1 aliphatic carbocycles. The van der Waals surface area contributed by atoms with E-state index in [1.807, 2.05) is 0 Å². The third-order valence-corrected chi connectivity index (χ3v) is 8.58. The minimum atomic E-state index is 0. The van der Waals surface area contributed by atoms with Gasteiger partial charge in [0.2, 0.25) is 0 Å². The number of hydrogen-bond donors (Lipinski definition) is 0. The molecule has 41 heavy (non-hydrogen) atoms. The average molecular weight is 659 g/mol. The zero-order chi connectivity index (χ0) is 27.6. The molecule has 5 aromatic rings. The Balaban J connectivity index is 0.000000223. The second-order valence-electron chi connectivity index (χ2n) is 10.2. The van der Waals surface area contributed by atoms with Gasteiger partial charge in [0.15, 0.2) is 0 Å². The van der Waals surface area contributed by atoms with Crippen molar-refractivity contribution in [3.8, 4) is 0 Å². The van der Waals surface area contributed by atoms with Crippen LogP contribution >= 0.6 is 24.8 Å². The summed E-state index contributed by atoms with van der Waals surface area (Å²) in [6.45, 7) is 8.82. The topological polar surface area (TPSA) is 0 Å². The van der Waals surface area contributed by atoms with Gasteiger partial charge in [0.25, 0.3) is 0 Å². The van der Waals surface area contributed by atoms with Crippen LogP contribution in [0.4, 0.5) is 0 Å².